The number of thiophene rings is 1. The zero-order chi connectivity index (χ0) is 11.4. The summed E-state index contributed by atoms with van der Waals surface area (Å²) in [6.07, 6.45) is 1.33. The molecule has 0 radical (unpaired) electrons. The van der Waals surface area contributed by atoms with E-state index >= 15 is 0 Å². The molecule has 0 saturated carbocycles. The average Bonchev–Trinajstić information content (AvgIpc) is 2.74. The third-order valence-electron chi connectivity index (χ3n) is 2.33. The van der Waals surface area contributed by atoms with Gasteiger partial charge in [-0.25, -0.2) is 0 Å². The van der Waals surface area contributed by atoms with Crippen molar-refractivity contribution < 1.29 is 4.79 Å². The maximum absolute atomic E-state index is 11.8. The lowest BCUT2D eigenvalue weighted by Crippen LogP contribution is -1.98. The van der Waals surface area contributed by atoms with E-state index in [-0.39, 0.29) is 5.78 Å². The Bertz CT molecular complexity index is 476. The molecule has 1 heterocycles. The highest BCUT2D eigenvalue weighted by molar-refractivity contribution is 7.18. The van der Waals surface area contributed by atoms with Gasteiger partial charge in [-0.3, -0.25) is 4.79 Å². The molecule has 16 heavy (non-hydrogen) atoms. The van der Waals surface area contributed by atoms with E-state index in [0.717, 1.165) is 11.3 Å². The lowest BCUT2D eigenvalue weighted by atomic mass is 10.1. The van der Waals surface area contributed by atoms with Crippen molar-refractivity contribution >= 4 is 28.7 Å². The molecular formula is C13H11ClOS. The first kappa shape index (κ1) is 11.4. The van der Waals surface area contributed by atoms with Crippen LogP contribution in [0.2, 0.25) is 4.34 Å². The molecule has 0 amide bonds. The molecule has 0 bridgehead atoms. The Balaban J connectivity index is 1.94. The van der Waals surface area contributed by atoms with Crippen LogP contribution < -0.4 is 0 Å². The molecule has 0 fully saturated rings. The van der Waals surface area contributed by atoms with Gasteiger partial charge in [-0.1, -0.05) is 41.9 Å². The highest BCUT2D eigenvalue weighted by Crippen LogP contribution is 2.23. The van der Waals surface area contributed by atoms with Crippen molar-refractivity contribution in [2.75, 3.05) is 0 Å². The van der Waals surface area contributed by atoms with Crippen LogP contribution in [0.15, 0.2) is 42.5 Å². The molecule has 1 nitrogen and oxygen atoms in total. The fourth-order valence-corrected chi connectivity index (χ4v) is 2.50. The Hall–Kier alpha value is -1.12. The number of benzene rings is 1. The van der Waals surface area contributed by atoms with Gasteiger partial charge in [0.25, 0.3) is 0 Å². The lowest BCUT2D eigenvalue weighted by Gasteiger charge is -1.99. The molecule has 1 aromatic carbocycles. The van der Waals surface area contributed by atoms with Crippen LogP contribution in [0.3, 0.4) is 0 Å². The highest BCUT2D eigenvalue weighted by atomic mass is 35.5. The van der Waals surface area contributed by atoms with E-state index in [9.17, 15) is 4.79 Å². The first-order valence-corrected chi connectivity index (χ1v) is 6.27. The fraction of sp³-hybridized carbons (Fsp3) is 0.154. The van der Waals surface area contributed by atoms with E-state index in [0.29, 0.717) is 10.8 Å². The Labute approximate surface area is 104 Å². The second-order valence-electron chi connectivity index (χ2n) is 3.51. The smallest absolute Gasteiger partial charge is 0.173 e. The molecule has 82 valence electrons. The Morgan fingerprint density at radius 2 is 1.88 bits per heavy atom. The summed E-state index contributed by atoms with van der Waals surface area (Å²) in [6, 6.07) is 13.6. The zero-order valence-corrected chi connectivity index (χ0v) is 10.2. The third-order valence-corrected chi connectivity index (χ3v) is 3.60. The number of aryl methyl sites for hydroxylation is 1. The maximum atomic E-state index is 11.8. The molecular weight excluding hydrogens is 240 g/mol. The Morgan fingerprint density at radius 3 is 2.50 bits per heavy atom. The molecule has 0 aliphatic heterocycles. The molecule has 3 heteroatoms. The van der Waals surface area contributed by atoms with E-state index in [1.165, 1.54) is 16.9 Å². The Kier molecular flexibility index (Phi) is 3.75. The number of carbonyl (C=O) groups excluding carboxylic acids is 1. The Morgan fingerprint density at radius 1 is 1.12 bits per heavy atom. The van der Waals surface area contributed by atoms with Crippen LogP contribution in [-0.4, -0.2) is 5.78 Å². The van der Waals surface area contributed by atoms with E-state index in [4.69, 9.17) is 11.6 Å². The van der Waals surface area contributed by atoms with Gasteiger partial charge in [-0.15, -0.1) is 11.3 Å². The van der Waals surface area contributed by atoms with E-state index < -0.39 is 0 Å². The van der Waals surface area contributed by atoms with Crippen LogP contribution in [0.25, 0.3) is 0 Å². The molecule has 0 aliphatic rings. The van der Waals surface area contributed by atoms with Crippen LogP contribution >= 0.6 is 22.9 Å². The molecule has 2 rings (SSSR count). The number of rotatable bonds is 4. The van der Waals surface area contributed by atoms with Gasteiger partial charge in [0.1, 0.15) is 0 Å². The van der Waals surface area contributed by atoms with Gasteiger partial charge in [-0.2, -0.15) is 0 Å². The minimum absolute atomic E-state index is 0.167. The topological polar surface area (TPSA) is 17.1 Å². The standard InChI is InChI=1S/C13H11ClOS/c14-13-9-8-12(16-13)11(15)7-6-10-4-2-1-3-5-10/h1-5,8-9H,6-7H2. The van der Waals surface area contributed by atoms with Crippen molar-refractivity contribution in [3.63, 3.8) is 0 Å². The number of ketones is 1. The normalized spacial score (nSPS) is 10.3. The van der Waals surface area contributed by atoms with Gasteiger partial charge in [0.2, 0.25) is 0 Å². The number of halogens is 1. The minimum atomic E-state index is 0.167. The SMILES string of the molecule is O=C(CCc1ccccc1)c1ccc(Cl)s1. The minimum Gasteiger partial charge on any atom is -0.293 e. The van der Waals surface area contributed by atoms with Gasteiger partial charge < -0.3 is 0 Å². The molecule has 0 atom stereocenters. The zero-order valence-electron chi connectivity index (χ0n) is 8.65. The van der Waals surface area contributed by atoms with Gasteiger partial charge in [-0.05, 0) is 24.1 Å². The van der Waals surface area contributed by atoms with E-state index in [1.54, 1.807) is 12.1 Å². The lowest BCUT2D eigenvalue weighted by molar-refractivity contribution is 0.0987. The molecule has 1 aromatic heterocycles. The van der Waals surface area contributed by atoms with Gasteiger partial charge in [0, 0.05) is 6.42 Å². The van der Waals surface area contributed by atoms with Crippen molar-refractivity contribution in [3.8, 4) is 0 Å². The predicted molar refractivity (Wildman–Crippen MR) is 68.4 cm³/mol. The molecule has 0 N–H and O–H groups in total. The van der Waals surface area contributed by atoms with Gasteiger partial charge in [0.15, 0.2) is 5.78 Å². The molecule has 0 spiro atoms. The van der Waals surface area contributed by atoms with Crippen LogP contribution in [-0.2, 0) is 6.42 Å². The van der Waals surface area contributed by atoms with Crippen LogP contribution in [0.1, 0.15) is 21.7 Å². The fourth-order valence-electron chi connectivity index (χ4n) is 1.49. The average molecular weight is 251 g/mol. The molecule has 0 aliphatic carbocycles. The second-order valence-corrected chi connectivity index (χ2v) is 5.23. The monoisotopic (exact) mass is 250 g/mol. The summed E-state index contributed by atoms with van der Waals surface area (Å²) in [6.45, 7) is 0. The summed E-state index contributed by atoms with van der Waals surface area (Å²) in [4.78, 5) is 12.5. The van der Waals surface area contributed by atoms with E-state index in [2.05, 4.69) is 0 Å². The summed E-state index contributed by atoms with van der Waals surface area (Å²) >= 11 is 7.13. The molecule has 2 aromatic rings. The van der Waals surface area contributed by atoms with Gasteiger partial charge in [0.05, 0.1) is 9.21 Å². The summed E-state index contributed by atoms with van der Waals surface area (Å²) in [5, 5.41) is 0. The van der Waals surface area contributed by atoms with Crippen molar-refractivity contribution in [2.24, 2.45) is 0 Å². The van der Waals surface area contributed by atoms with Gasteiger partial charge >= 0.3 is 0 Å². The maximum Gasteiger partial charge on any atom is 0.173 e. The number of hydrogen-bond acceptors (Lipinski definition) is 2. The first-order valence-electron chi connectivity index (χ1n) is 5.08. The quantitative estimate of drug-likeness (QED) is 0.743. The summed E-state index contributed by atoms with van der Waals surface area (Å²) in [5.41, 5.74) is 1.19. The second kappa shape index (κ2) is 5.28. The number of hydrogen-bond donors (Lipinski definition) is 0. The predicted octanol–water partition coefficient (Wildman–Crippen LogP) is 4.22. The largest absolute Gasteiger partial charge is 0.293 e. The van der Waals surface area contributed by atoms with Crippen molar-refractivity contribution in [1.29, 1.82) is 0 Å². The van der Waals surface area contributed by atoms with Crippen LogP contribution in [0, 0.1) is 0 Å². The number of Topliss-reactive ketones (excluding diaryl/α,β-unsaturated/α-hetero) is 1. The number of carbonyl (C=O) groups is 1. The highest BCUT2D eigenvalue weighted by Gasteiger charge is 2.08. The van der Waals surface area contributed by atoms with Crippen molar-refractivity contribution in [1.82, 2.24) is 0 Å². The summed E-state index contributed by atoms with van der Waals surface area (Å²) in [7, 11) is 0. The van der Waals surface area contributed by atoms with E-state index in [1.807, 2.05) is 30.3 Å². The van der Waals surface area contributed by atoms with Crippen molar-refractivity contribution in [2.45, 2.75) is 12.8 Å². The molecule has 0 saturated heterocycles. The van der Waals surface area contributed by atoms with Crippen LogP contribution in [0.4, 0.5) is 0 Å². The summed E-state index contributed by atoms with van der Waals surface area (Å²) < 4.78 is 0.670. The summed E-state index contributed by atoms with van der Waals surface area (Å²) in [5.74, 6) is 0.167. The van der Waals surface area contributed by atoms with Crippen molar-refractivity contribution in [3.05, 3.63) is 57.2 Å². The van der Waals surface area contributed by atoms with Crippen LogP contribution in [0.5, 0.6) is 0 Å². The first-order chi connectivity index (χ1) is 7.75. The molecule has 0 unspecified atom stereocenters. The third kappa shape index (κ3) is 2.94.